The van der Waals surface area contributed by atoms with Gasteiger partial charge in [-0.2, -0.15) is 0 Å². The van der Waals surface area contributed by atoms with E-state index in [0.29, 0.717) is 12.3 Å². The Labute approximate surface area is 146 Å². The monoisotopic (exact) mass is 343 g/mol. The summed E-state index contributed by atoms with van der Waals surface area (Å²) in [5, 5.41) is 11.8. The van der Waals surface area contributed by atoms with Crippen molar-refractivity contribution < 1.29 is 24.2 Å². The van der Waals surface area contributed by atoms with Gasteiger partial charge in [0.1, 0.15) is 17.1 Å². The van der Waals surface area contributed by atoms with Gasteiger partial charge in [0.2, 0.25) is 5.91 Å². The Hall–Kier alpha value is -3.02. The molecule has 1 amide bonds. The average Bonchev–Trinajstić information content (AvgIpc) is 2.59. The summed E-state index contributed by atoms with van der Waals surface area (Å²) in [4.78, 5) is 23.3. The number of aromatic carboxylic acids is 1. The summed E-state index contributed by atoms with van der Waals surface area (Å²) >= 11 is 0. The smallest absolute Gasteiger partial charge is 0.339 e. The van der Waals surface area contributed by atoms with E-state index in [2.05, 4.69) is 5.32 Å². The van der Waals surface area contributed by atoms with Gasteiger partial charge in [0.05, 0.1) is 20.1 Å². The largest absolute Gasteiger partial charge is 0.496 e. The van der Waals surface area contributed by atoms with Crippen LogP contribution in [0.3, 0.4) is 0 Å². The van der Waals surface area contributed by atoms with Crippen LogP contribution in [0.25, 0.3) is 0 Å². The number of hydrogen-bond donors (Lipinski definition) is 2. The lowest BCUT2D eigenvalue weighted by atomic mass is 10.1. The van der Waals surface area contributed by atoms with Crippen molar-refractivity contribution in [3.05, 3.63) is 53.6 Å². The fourth-order valence-corrected chi connectivity index (χ4v) is 2.30. The third-order valence-corrected chi connectivity index (χ3v) is 3.45. The molecule has 0 radical (unpaired) electrons. The van der Waals surface area contributed by atoms with Gasteiger partial charge in [-0.05, 0) is 36.2 Å². The molecule has 0 aliphatic carbocycles. The quantitative estimate of drug-likeness (QED) is 0.768. The van der Waals surface area contributed by atoms with Crippen LogP contribution >= 0.6 is 0 Å². The van der Waals surface area contributed by atoms with E-state index in [-0.39, 0.29) is 23.6 Å². The maximum Gasteiger partial charge on any atom is 0.339 e. The van der Waals surface area contributed by atoms with Crippen molar-refractivity contribution in [2.45, 2.75) is 19.8 Å². The molecular weight excluding hydrogens is 322 g/mol. The van der Waals surface area contributed by atoms with E-state index >= 15 is 0 Å². The zero-order valence-corrected chi connectivity index (χ0v) is 14.2. The normalized spacial score (nSPS) is 10.2. The Kier molecular flexibility index (Phi) is 6.39. The van der Waals surface area contributed by atoms with E-state index in [9.17, 15) is 9.59 Å². The van der Waals surface area contributed by atoms with Crippen molar-refractivity contribution in [2.24, 2.45) is 0 Å². The summed E-state index contributed by atoms with van der Waals surface area (Å²) in [6.45, 7) is 2.66. The molecule has 0 bridgehead atoms. The fourth-order valence-electron chi connectivity index (χ4n) is 2.30. The number of methoxy groups -OCH3 is 1. The first-order chi connectivity index (χ1) is 12.0. The number of hydrogen-bond acceptors (Lipinski definition) is 4. The molecule has 0 saturated carbocycles. The molecule has 2 N–H and O–H groups in total. The third kappa shape index (κ3) is 5.24. The second-order valence-electron chi connectivity index (χ2n) is 5.44. The zero-order chi connectivity index (χ0) is 18.2. The van der Waals surface area contributed by atoms with Gasteiger partial charge in [-0.15, -0.1) is 0 Å². The molecule has 0 aliphatic rings. The molecule has 0 unspecified atom stereocenters. The average molecular weight is 343 g/mol. The van der Waals surface area contributed by atoms with Crippen molar-refractivity contribution in [1.82, 2.24) is 0 Å². The van der Waals surface area contributed by atoms with Crippen LogP contribution in [0.15, 0.2) is 42.5 Å². The molecule has 0 aliphatic heterocycles. The van der Waals surface area contributed by atoms with Crippen LogP contribution in [0.2, 0.25) is 0 Å². The highest BCUT2D eigenvalue weighted by molar-refractivity contribution is 5.95. The molecule has 25 heavy (non-hydrogen) atoms. The predicted octanol–water partition coefficient (Wildman–Crippen LogP) is 3.36. The van der Waals surface area contributed by atoms with E-state index in [1.807, 2.05) is 31.2 Å². The highest BCUT2D eigenvalue weighted by Crippen LogP contribution is 2.23. The van der Waals surface area contributed by atoms with Crippen LogP contribution < -0.4 is 14.8 Å². The lowest BCUT2D eigenvalue weighted by Gasteiger charge is -2.10. The first kappa shape index (κ1) is 18.3. The molecule has 0 heterocycles. The molecule has 132 valence electrons. The van der Waals surface area contributed by atoms with Gasteiger partial charge in [0, 0.05) is 11.8 Å². The highest BCUT2D eigenvalue weighted by Gasteiger charge is 2.12. The molecule has 2 rings (SSSR count). The maximum absolute atomic E-state index is 12.2. The van der Waals surface area contributed by atoms with Crippen molar-refractivity contribution in [1.29, 1.82) is 0 Å². The number of amides is 1. The van der Waals surface area contributed by atoms with Gasteiger partial charge in [-0.3, -0.25) is 4.79 Å². The summed E-state index contributed by atoms with van der Waals surface area (Å²) in [5.41, 5.74) is 1.35. The molecule has 2 aromatic carbocycles. The summed E-state index contributed by atoms with van der Waals surface area (Å²) in [6.07, 6.45) is 1.10. The van der Waals surface area contributed by atoms with Crippen molar-refractivity contribution in [3.8, 4) is 11.5 Å². The van der Waals surface area contributed by atoms with Gasteiger partial charge >= 0.3 is 5.97 Å². The molecule has 6 nitrogen and oxygen atoms in total. The van der Waals surface area contributed by atoms with Gasteiger partial charge in [0.15, 0.2) is 0 Å². The molecule has 2 aromatic rings. The van der Waals surface area contributed by atoms with Crippen LogP contribution in [0, 0.1) is 0 Å². The van der Waals surface area contributed by atoms with Gasteiger partial charge in [0.25, 0.3) is 0 Å². The Bertz CT molecular complexity index is 757. The lowest BCUT2D eigenvalue weighted by Crippen LogP contribution is -2.15. The van der Waals surface area contributed by atoms with Crippen LogP contribution in [0.4, 0.5) is 5.69 Å². The zero-order valence-electron chi connectivity index (χ0n) is 14.2. The summed E-state index contributed by atoms with van der Waals surface area (Å²) in [6, 6.07) is 11.8. The second kappa shape index (κ2) is 8.73. The van der Waals surface area contributed by atoms with E-state index < -0.39 is 5.97 Å². The van der Waals surface area contributed by atoms with Gasteiger partial charge in [-0.1, -0.05) is 19.1 Å². The summed E-state index contributed by atoms with van der Waals surface area (Å²) < 4.78 is 10.6. The number of rotatable bonds is 8. The van der Waals surface area contributed by atoms with E-state index in [1.54, 1.807) is 0 Å². The molecule has 0 spiro atoms. The Balaban J connectivity index is 2.04. The third-order valence-electron chi connectivity index (χ3n) is 3.45. The Morgan fingerprint density at radius 3 is 2.64 bits per heavy atom. The number of carboxylic acids is 1. The molecule has 6 heteroatoms. The fraction of sp³-hybridized carbons (Fsp3) is 0.263. The van der Waals surface area contributed by atoms with Crippen molar-refractivity contribution in [3.63, 3.8) is 0 Å². The minimum atomic E-state index is -1.08. The van der Waals surface area contributed by atoms with Gasteiger partial charge < -0.3 is 19.9 Å². The molecule has 0 saturated heterocycles. The lowest BCUT2D eigenvalue weighted by molar-refractivity contribution is -0.115. The first-order valence-electron chi connectivity index (χ1n) is 7.96. The Morgan fingerprint density at radius 1 is 1.16 bits per heavy atom. The van der Waals surface area contributed by atoms with Crippen LogP contribution in [0.1, 0.15) is 29.3 Å². The first-order valence-corrected chi connectivity index (χ1v) is 7.96. The minimum Gasteiger partial charge on any atom is -0.496 e. The molecular formula is C19H21NO5. The summed E-state index contributed by atoms with van der Waals surface area (Å²) in [5.74, 6) is -0.365. The van der Waals surface area contributed by atoms with Crippen LogP contribution in [-0.2, 0) is 11.2 Å². The SMILES string of the molecule is CCCOc1cccc(CC(=O)Nc2ccc(C(=O)O)c(OC)c2)c1. The number of carbonyl (C=O) groups excluding carboxylic acids is 1. The van der Waals surface area contributed by atoms with E-state index in [1.165, 1.54) is 25.3 Å². The predicted molar refractivity (Wildman–Crippen MR) is 94.5 cm³/mol. The topological polar surface area (TPSA) is 84.9 Å². The Morgan fingerprint density at radius 2 is 1.96 bits per heavy atom. The minimum absolute atomic E-state index is 0.0428. The standard InChI is InChI=1S/C19H21NO5/c1-3-9-25-15-6-4-5-13(10-15)11-18(21)20-14-7-8-16(19(22)23)17(12-14)24-2/h4-8,10,12H,3,9,11H2,1-2H3,(H,20,21)(H,22,23). The molecule has 0 fully saturated rings. The number of anilines is 1. The van der Waals surface area contributed by atoms with Crippen LogP contribution in [0.5, 0.6) is 11.5 Å². The number of carbonyl (C=O) groups is 2. The van der Waals surface area contributed by atoms with Crippen molar-refractivity contribution in [2.75, 3.05) is 19.0 Å². The number of ether oxygens (including phenoxy) is 2. The maximum atomic E-state index is 12.2. The number of benzene rings is 2. The highest BCUT2D eigenvalue weighted by atomic mass is 16.5. The van der Waals surface area contributed by atoms with Gasteiger partial charge in [-0.25, -0.2) is 4.79 Å². The summed E-state index contributed by atoms with van der Waals surface area (Å²) in [7, 11) is 1.38. The van der Waals surface area contributed by atoms with Crippen LogP contribution in [-0.4, -0.2) is 30.7 Å². The van der Waals surface area contributed by atoms with E-state index in [0.717, 1.165) is 17.7 Å². The number of carboxylic acid groups (broad SMARTS) is 1. The number of nitrogens with one attached hydrogen (secondary N) is 1. The second-order valence-corrected chi connectivity index (χ2v) is 5.44. The molecule has 0 aromatic heterocycles. The van der Waals surface area contributed by atoms with E-state index in [4.69, 9.17) is 14.6 Å². The van der Waals surface area contributed by atoms with Crippen molar-refractivity contribution >= 4 is 17.6 Å². The molecule has 0 atom stereocenters.